The van der Waals surface area contributed by atoms with Crippen LogP contribution in [0.25, 0.3) is 0 Å². The fraction of sp³-hybridized carbons (Fsp3) is 0.800. The van der Waals surface area contributed by atoms with Gasteiger partial charge in [0.15, 0.2) is 6.61 Å². The molecule has 9 heteroatoms. The molecular weight excluding hydrogens is 498 g/mol. The molecule has 0 aromatic heterocycles. The molecule has 4 aliphatic rings. The summed E-state index contributed by atoms with van der Waals surface area (Å²) in [7, 11) is 0. The Kier molecular flexibility index (Phi) is 9.08. The van der Waals surface area contributed by atoms with Crippen molar-refractivity contribution in [1.82, 2.24) is 10.6 Å². The number of aliphatic hydroxyl groups excluding tert-OH is 1. The molecule has 8 atom stereocenters. The largest absolute Gasteiger partial charge is 0.480 e. The molecule has 4 rings (SSSR count). The molecule has 0 aromatic carbocycles. The van der Waals surface area contributed by atoms with Gasteiger partial charge >= 0.3 is 5.97 Å². The Labute approximate surface area is 232 Å². The molecule has 0 heterocycles. The smallest absolute Gasteiger partial charge is 0.326 e. The van der Waals surface area contributed by atoms with E-state index in [0.29, 0.717) is 30.6 Å². The standard InChI is InChI=1S/C30H47N3O6/c1-5-6-7-24(28(37)38)32-27(36)18(2)31-26(35)17-39-33-20-12-14-29(3)19(16-20)8-9-21-22-10-11-25(34)30(22,4)15-13-23(21)29/h16,18,21-25,34H,5-15,17H2,1-4H3,(H,31,35)(H,32,36)(H,37,38)/b33-20-/t18-,21-,22-,23-,24+,25-,29-,30-/m0/s1. The summed E-state index contributed by atoms with van der Waals surface area (Å²) >= 11 is 0. The van der Waals surface area contributed by atoms with Crippen LogP contribution in [0.5, 0.6) is 0 Å². The van der Waals surface area contributed by atoms with Crippen LogP contribution in [0.3, 0.4) is 0 Å². The number of hydrogen-bond acceptors (Lipinski definition) is 6. The van der Waals surface area contributed by atoms with E-state index < -0.39 is 29.9 Å². The van der Waals surface area contributed by atoms with Crippen LogP contribution in [-0.4, -0.2) is 58.5 Å². The number of nitrogens with zero attached hydrogens (tertiary/aromatic N) is 1. The number of aliphatic hydroxyl groups is 1. The second-order valence-electron chi connectivity index (χ2n) is 12.8. The first-order valence-electron chi connectivity index (χ1n) is 14.9. The molecule has 218 valence electrons. The molecular formula is C30H47N3O6. The molecule has 4 aliphatic carbocycles. The van der Waals surface area contributed by atoms with E-state index in [9.17, 15) is 24.6 Å². The van der Waals surface area contributed by atoms with Gasteiger partial charge in [0, 0.05) is 0 Å². The first-order chi connectivity index (χ1) is 18.5. The van der Waals surface area contributed by atoms with Gasteiger partial charge in [-0.05, 0) is 99.4 Å². The van der Waals surface area contributed by atoms with E-state index in [0.717, 1.165) is 57.1 Å². The zero-order valence-corrected chi connectivity index (χ0v) is 24.0. The summed E-state index contributed by atoms with van der Waals surface area (Å²) in [5, 5.41) is 29.3. The maximum Gasteiger partial charge on any atom is 0.326 e. The van der Waals surface area contributed by atoms with Crippen molar-refractivity contribution in [2.24, 2.45) is 33.7 Å². The molecule has 9 nitrogen and oxygen atoms in total. The minimum absolute atomic E-state index is 0.0830. The molecule has 0 aliphatic heterocycles. The quantitative estimate of drug-likeness (QED) is 0.307. The normalized spacial score (nSPS) is 36.0. The van der Waals surface area contributed by atoms with Gasteiger partial charge in [0.05, 0.1) is 11.8 Å². The third-order valence-corrected chi connectivity index (χ3v) is 10.5. The second kappa shape index (κ2) is 12.0. The van der Waals surface area contributed by atoms with Gasteiger partial charge in [-0.3, -0.25) is 9.59 Å². The Morgan fingerprint density at radius 2 is 1.87 bits per heavy atom. The highest BCUT2D eigenvalue weighted by atomic mass is 16.6. The second-order valence-corrected chi connectivity index (χ2v) is 12.8. The summed E-state index contributed by atoms with van der Waals surface area (Å²) < 4.78 is 0. The predicted molar refractivity (Wildman–Crippen MR) is 148 cm³/mol. The molecule has 0 bridgehead atoms. The van der Waals surface area contributed by atoms with Crippen LogP contribution in [0.15, 0.2) is 16.8 Å². The van der Waals surface area contributed by atoms with Crippen molar-refractivity contribution in [1.29, 1.82) is 0 Å². The van der Waals surface area contributed by atoms with E-state index in [1.807, 2.05) is 6.92 Å². The molecule has 3 saturated carbocycles. The number of aliphatic carboxylic acids is 1. The zero-order valence-electron chi connectivity index (χ0n) is 24.0. The molecule has 0 spiro atoms. The summed E-state index contributed by atoms with van der Waals surface area (Å²) in [4.78, 5) is 41.4. The van der Waals surface area contributed by atoms with Crippen LogP contribution in [0.4, 0.5) is 0 Å². The number of carbonyl (C=O) groups is 3. The number of fused-ring (bicyclic) bond motifs is 5. The van der Waals surface area contributed by atoms with Crippen molar-refractivity contribution in [3.63, 3.8) is 0 Å². The average Bonchev–Trinajstić information content (AvgIpc) is 3.20. The number of carbonyl (C=O) groups excluding carboxylic acids is 2. The van der Waals surface area contributed by atoms with Gasteiger partial charge in [-0.15, -0.1) is 0 Å². The summed E-state index contributed by atoms with van der Waals surface area (Å²) in [6.45, 7) is 7.88. The molecule has 0 radical (unpaired) electrons. The SMILES string of the molecule is CCCC[C@@H](NC(=O)[C@H](C)NC(=O)CO/N=C1\C=C2CC[C@H]3[C@@H]4CC[C@H](O)[C@@]4(C)CC[C@@H]3[C@@]2(C)CC1)C(=O)O. The minimum Gasteiger partial charge on any atom is -0.480 e. The highest BCUT2D eigenvalue weighted by Crippen LogP contribution is 2.65. The van der Waals surface area contributed by atoms with E-state index in [4.69, 9.17) is 4.84 Å². The summed E-state index contributed by atoms with van der Waals surface area (Å²) in [5.74, 6) is -0.166. The summed E-state index contributed by atoms with van der Waals surface area (Å²) in [5.41, 5.74) is 2.52. The number of oxime groups is 1. The number of amides is 2. The molecule has 4 N–H and O–H groups in total. The van der Waals surface area contributed by atoms with E-state index in [-0.39, 0.29) is 23.5 Å². The Hall–Kier alpha value is -2.42. The van der Waals surface area contributed by atoms with E-state index >= 15 is 0 Å². The number of rotatable bonds is 10. The van der Waals surface area contributed by atoms with Crippen LogP contribution in [0, 0.1) is 28.6 Å². The van der Waals surface area contributed by atoms with Crippen LogP contribution in [0.2, 0.25) is 0 Å². The summed E-state index contributed by atoms with van der Waals surface area (Å²) in [6, 6.07) is -1.86. The van der Waals surface area contributed by atoms with Crippen molar-refractivity contribution in [3.05, 3.63) is 11.6 Å². The maximum absolute atomic E-state index is 12.4. The van der Waals surface area contributed by atoms with Crippen LogP contribution in [-0.2, 0) is 19.2 Å². The third-order valence-electron chi connectivity index (χ3n) is 10.5. The van der Waals surface area contributed by atoms with Crippen LogP contribution < -0.4 is 10.6 Å². The Bertz CT molecular complexity index is 1010. The topological polar surface area (TPSA) is 137 Å². The minimum atomic E-state index is -1.08. The number of carboxylic acid groups (broad SMARTS) is 1. The highest BCUT2D eigenvalue weighted by molar-refractivity contribution is 5.96. The number of nitrogens with one attached hydrogen (secondary N) is 2. The van der Waals surface area contributed by atoms with Gasteiger partial charge in [-0.2, -0.15) is 0 Å². The Morgan fingerprint density at radius 3 is 2.59 bits per heavy atom. The number of carboxylic acids is 1. The Morgan fingerprint density at radius 1 is 1.10 bits per heavy atom. The van der Waals surface area contributed by atoms with Gasteiger partial charge in [0.1, 0.15) is 12.1 Å². The van der Waals surface area contributed by atoms with Crippen molar-refractivity contribution < 1.29 is 29.4 Å². The lowest BCUT2D eigenvalue weighted by molar-refractivity contribution is -0.142. The molecule has 2 amide bonds. The van der Waals surface area contributed by atoms with Gasteiger partial charge < -0.3 is 25.7 Å². The Balaban J connectivity index is 1.28. The first-order valence-corrected chi connectivity index (χ1v) is 14.9. The first kappa shape index (κ1) is 29.6. The van der Waals surface area contributed by atoms with Crippen molar-refractivity contribution in [2.45, 2.75) is 117 Å². The molecule has 39 heavy (non-hydrogen) atoms. The van der Waals surface area contributed by atoms with Crippen LogP contribution in [0.1, 0.15) is 98.3 Å². The van der Waals surface area contributed by atoms with Crippen molar-refractivity contribution >= 4 is 23.5 Å². The maximum atomic E-state index is 12.4. The fourth-order valence-electron chi connectivity index (χ4n) is 8.10. The van der Waals surface area contributed by atoms with Crippen molar-refractivity contribution in [2.75, 3.05) is 6.61 Å². The number of allylic oxidation sites excluding steroid dienone is 2. The lowest BCUT2D eigenvalue weighted by atomic mass is 9.47. The van der Waals surface area contributed by atoms with Gasteiger partial charge in [0.2, 0.25) is 5.91 Å². The van der Waals surface area contributed by atoms with Gasteiger partial charge in [0.25, 0.3) is 5.91 Å². The molecule has 0 saturated heterocycles. The molecule has 0 unspecified atom stereocenters. The van der Waals surface area contributed by atoms with E-state index in [2.05, 4.69) is 35.7 Å². The monoisotopic (exact) mass is 545 g/mol. The summed E-state index contributed by atoms with van der Waals surface area (Å²) in [6.07, 6.45) is 12.3. The van der Waals surface area contributed by atoms with Crippen LogP contribution >= 0.6 is 0 Å². The predicted octanol–water partition coefficient (Wildman–Crippen LogP) is 3.95. The van der Waals surface area contributed by atoms with Gasteiger partial charge in [-0.25, -0.2) is 4.79 Å². The molecule has 0 aromatic rings. The third kappa shape index (κ3) is 6.03. The highest BCUT2D eigenvalue weighted by Gasteiger charge is 2.58. The van der Waals surface area contributed by atoms with E-state index in [1.165, 1.54) is 18.9 Å². The lowest BCUT2D eigenvalue weighted by Crippen LogP contribution is -2.51. The number of unbranched alkanes of at least 4 members (excludes halogenated alkanes) is 1. The fourth-order valence-corrected chi connectivity index (χ4v) is 8.10. The van der Waals surface area contributed by atoms with Gasteiger partial charge in [-0.1, -0.05) is 44.3 Å². The molecule has 3 fully saturated rings. The number of hydrogen-bond donors (Lipinski definition) is 4. The zero-order chi connectivity index (χ0) is 28.4. The van der Waals surface area contributed by atoms with Crippen molar-refractivity contribution in [3.8, 4) is 0 Å². The lowest BCUT2D eigenvalue weighted by Gasteiger charge is -2.57. The average molecular weight is 546 g/mol. The van der Waals surface area contributed by atoms with E-state index in [1.54, 1.807) is 0 Å².